The number of methoxy groups -OCH3 is 1. The van der Waals surface area contributed by atoms with E-state index in [1.165, 1.54) is 7.11 Å². The summed E-state index contributed by atoms with van der Waals surface area (Å²) in [7, 11) is -0.431. The third-order valence-corrected chi connectivity index (χ3v) is 4.33. The molecule has 0 heterocycles. The van der Waals surface area contributed by atoms with Gasteiger partial charge in [0.2, 0.25) is 8.32 Å². The van der Waals surface area contributed by atoms with Crippen LogP contribution in [0.15, 0.2) is 59.9 Å². The van der Waals surface area contributed by atoms with Crippen molar-refractivity contribution in [3.63, 3.8) is 0 Å². The summed E-state index contributed by atoms with van der Waals surface area (Å²) in [5.41, 5.74) is 1.13. The van der Waals surface area contributed by atoms with Gasteiger partial charge in [0.1, 0.15) is 11.5 Å². The fraction of sp³-hybridized carbons (Fsp3) is 0.200. The van der Waals surface area contributed by atoms with Crippen molar-refractivity contribution in [3.05, 3.63) is 71.1 Å². The first-order valence-corrected chi connectivity index (χ1v) is 12.0. The first kappa shape index (κ1) is 20.7. The van der Waals surface area contributed by atoms with Gasteiger partial charge >= 0.3 is 5.97 Å². The van der Waals surface area contributed by atoms with E-state index >= 15 is 0 Å². The van der Waals surface area contributed by atoms with Gasteiger partial charge in [0.15, 0.2) is 5.88 Å². The maximum atomic E-state index is 11.5. The van der Waals surface area contributed by atoms with Crippen LogP contribution in [0.25, 0.3) is 0 Å². The lowest BCUT2D eigenvalue weighted by Crippen LogP contribution is -2.24. The molecule has 0 radical (unpaired) electrons. The van der Waals surface area contributed by atoms with E-state index < -0.39 is 14.3 Å². The number of carbonyl (C=O) groups is 1. The minimum Gasteiger partial charge on any atom is -0.532 e. The summed E-state index contributed by atoms with van der Waals surface area (Å²) in [5, 5.41) is 0.557. The molecule has 142 valence electrons. The van der Waals surface area contributed by atoms with Gasteiger partial charge in [-0.05, 0) is 68.7 Å². The number of benzene rings is 2. The van der Waals surface area contributed by atoms with Crippen molar-refractivity contribution in [2.75, 3.05) is 7.11 Å². The van der Waals surface area contributed by atoms with Gasteiger partial charge in [-0.1, -0.05) is 11.6 Å². The van der Waals surface area contributed by atoms with E-state index in [1.807, 2.05) is 0 Å². The topological polar surface area (TPSA) is 57.1 Å². The predicted octanol–water partition coefficient (Wildman–Crippen LogP) is 5.66. The third-order valence-electron chi connectivity index (χ3n) is 3.25. The van der Waals surface area contributed by atoms with Crippen LogP contribution in [0.4, 0.5) is 0 Å². The SMILES string of the molecule is C=C(/N=C/c1cc(Cl)ccc1Oc1ccc(C(=O)OC)cc1)O[Si](C)(C)C. The van der Waals surface area contributed by atoms with Crippen molar-refractivity contribution in [2.24, 2.45) is 4.99 Å². The van der Waals surface area contributed by atoms with Gasteiger partial charge in [-0.3, -0.25) is 0 Å². The van der Waals surface area contributed by atoms with Crippen molar-refractivity contribution in [2.45, 2.75) is 19.6 Å². The Morgan fingerprint density at radius 3 is 2.41 bits per heavy atom. The van der Waals surface area contributed by atoms with Gasteiger partial charge in [0.25, 0.3) is 0 Å². The predicted molar refractivity (Wildman–Crippen MR) is 110 cm³/mol. The third kappa shape index (κ3) is 6.58. The summed E-state index contributed by atoms with van der Waals surface area (Å²) in [4.78, 5) is 15.8. The Hall–Kier alpha value is -2.57. The van der Waals surface area contributed by atoms with Crippen LogP contribution in [-0.4, -0.2) is 27.6 Å². The Morgan fingerprint density at radius 1 is 1.15 bits per heavy atom. The van der Waals surface area contributed by atoms with E-state index in [-0.39, 0.29) is 0 Å². The number of carbonyl (C=O) groups excluding carboxylic acids is 1. The number of ether oxygens (including phenoxy) is 2. The molecular formula is C20H22ClNO4Si. The average Bonchev–Trinajstić information content (AvgIpc) is 2.60. The lowest BCUT2D eigenvalue weighted by Gasteiger charge is -2.18. The van der Waals surface area contributed by atoms with Crippen molar-refractivity contribution >= 4 is 32.1 Å². The van der Waals surface area contributed by atoms with Crippen LogP contribution >= 0.6 is 11.6 Å². The Balaban J connectivity index is 2.20. The highest BCUT2D eigenvalue weighted by Crippen LogP contribution is 2.27. The second-order valence-electron chi connectivity index (χ2n) is 6.67. The minimum absolute atomic E-state index is 0.350. The lowest BCUT2D eigenvalue weighted by atomic mass is 10.2. The summed E-state index contributed by atoms with van der Waals surface area (Å²) >= 11 is 6.10. The maximum Gasteiger partial charge on any atom is 0.337 e. The highest BCUT2D eigenvalue weighted by atomic mass is 35.5. The molecule has 0 bridgehead atoms. The van der Waals surface area contributed by atoms with E-state index in [9.17, 15) is 4.79 Å². The molecule has 2 aromatic carbocycles. The number of esters is 1. The maximum absolute atomic E-state index is 11.5. The Morgan fingerprint density at radius 2 is 1.81 bits per heavy atom. The molecule has 27 heavy (non-hydrogen) atoms. The number of aliphatic imine (C=N–C) groups is 1. The van der Waals surface area contributed by atoms with Crippen LogP contribution in [0.3, 0.4) is 0 Å². The highest BCUT2D eigenvalue weighted by Gasteiger charge is 2.16. The van der Waals surface area contributed by atoms with Gasteiger partial charge in [0.05, 0.1) is 12.7 Å². The van der Waals surface area contributed by atoms with E-state index in [4.69, 9.17) is 20.8 Å². The molecule has 0 atom stereocenters. The Kier molecular flexibility index (Phi) is 6.82. The summed E-state index contributed by atoms with van der Waals surface area (Å²) in [6, 6.07) is 11.9. The largest absolute Gasteiger partial charge is 0.532 e. The van der Waals surface area contributed by atoms with Gasteiger partial charge in [-0.15, -0.1) is 0 Å². The molecule has 0 fully saturated rings. The fourth-order valence-electron chi connectivity index (χ4n) is 2.14. The molecule has 0 unspecified atom stereocenters. The number of hydrogen-bond donors (Lipinski definition) is 0. The van der Waals surface area contributed by atoms with Crippen LogP contribution < -0.4 is 4.74 Å². The molecule has 0 amide bonds. The zero-order valence-electron chi connectivity index (χ0n) is 15.8. The Labute approximate surface area is 165 Å². The summed E-state index contributed by atoms with van der Waals surface area (Å²) < 4.78 is 16.3. The Bertz CT molecular complexity index is 857. The quantitative estimate of drug-likeness (QED) is 0.259. The first-order chi connectivity index (χ1) is 12.7. The number of nitrogens with zero attached hydrogens (tertiary/aromatic N) is 1. The molecule has 5 nitrogen and oxygen atoms in total. The monoisotopic (exact) mass is 403 g/mol. The molecule has 0 saturated carbocycles. The van der Waals surface area contributed by atoms with Gasteiger partial charge in [-0.2, -0.15) is 0 Å². The molecule has 0 aliphatic heterocycles. The van der Waals surface area contributed by atoms with E-state index in [2.05, 4.69) is 35.9 Å². The van der Waals surface area contributed by atoms with Crippen molar-refractivity contribution in [1.82, 2.24) is 0 Å². The molecule has 0 aliphatic rings. The van der Waals surface area contributed by atoms with Gasteiger partial charge in [-0.25, -0.2) is 9.79 Å². The molecule has 0 saturated heterocycles. The molecular weight excluding hydrogens is 382 g/mol. The zero-order chi connectivity index (χ0) is 20.0. The van der Waals surface area contributed by atoms with E-state index in [0.717, 1.165) is 0 Å². The standard InChI is InChI=1S/C20H22ClNO4Si/c1-14(26-27(3,4)5)22-13-16-12-17(21)8-11-19(16)25-18-9-6-15(7-10-18)20(23)24-2/h6-13H,1H2,2-5H3/b22-13+. The molecule has 0 aliphatic carbocycles. The smallest absolute Gasteiger partial charge is 0.337 e. The normalized spacial score (nSPS) is 11.3. The van der Waals surface area contributed by atoms with Crippen LogP contribution in [0.2, 0.25) is 24.7 Å². The average molecular weight is 404 g/mol. The molecule has 0 N–H and O–H groups in total. The molecule has 0 spiro atoms. The summed E-state index contributed by atoms with van der Waals surface area (Å²) in [6.45, 7) is 9.99. The number of rotatable bonds is 7. The summed E-state index contributed by atoms with van der Waals surface area (Å²) in [6.07, 6.45) is 1.60. The van der Waals surface area contributed by atoms with Crippen molar-refractivity contribution < 1.29 is 18.7 Å². The van der Waals surface area contributed by atoms with Crippen LogP contribution in [0.1, 0.15) is 15.9 Å². The van der Waals surface area contributed by atoms with Crippen LogP contribution in [0.5, 0.6) is 11.5 Å². The zero-order valence-corrected chi connectivity index (χ0v) is 17.5. The van der Waals surface area contributed by atoms with Gasteiger partial charge in [0, 0.05) is 16.8 Å². The minimum atomic E-state index is -1.77. The molecule has 7 heteroatoms. The molecule has 2 rings (SSSR count). The molecule has 2 aromatic rings. The van der Waals surface area contributed by atoms with Crippen LogP contribution in [0, 0.1) is 0 Å². The van der Waals surface area contributed by atoms with Gasteiger partial charge < -0.3 is 13.9 Å². The van der Waals surface area contributed by atoms with Crippen LogP contribution in [-0.2, 0) is 9.16 Å². The number of hydrogen-bond acceptors (Lipinski definition) is 5. The van der Waals surface area contributed by atoms with E-state index in [0.29, 0.717) is 33.5 Å². The highest BCUT2D eigenvalue weighted by molar-refractivity contribution is 6.70. The lowest BCUT2D eigenvalue weighted by molar-refractivity contribution is 0.0600. The first-order valence-electron chi connectivity index (χ1n) is 8.26. The fourth-order valence-corrected chi connectivity index (χ4v) is 3.08. The summed E-state index contributed by atoms with van der Waals surface area (Å²) in [5.74, 6) is 1.08. The number of halogens is 1. The second-order valence-corrected chi connectivity index (χ2v) is 11.5. The van der Waals surface area contributed by atoms with Crippen molar-refractivity contribution in [1.29, 1.82) is 0 Å². The van der Waals surface area contributed by atoms with Crippen molar-refractivity contribution in [3.8, 4) is 11.5 Å². The van der Waals surface area contributed by atoms with E-state index in [1.54, 1.807) is 48.7 Å². The molecule has 0 aromatic heterocycles. The second kappa shape index (κ2) is 8.88.